The molecule has 2 N–H and O–H groups in total. The Morgan fingerprint density at radius 3 is 1.43 bits per heavy atom. The van der Waals surface area contributed by atoms with Crippen LogP contribution in [0.25, 0.3) is 0 Å². The van der Waals surface area contributed by atoms with Gasteiger partial charge in [0.25, 0.3) is 0 Å². The molecule has 134 valence electrons. The van der Waals surface area contributed by atoms with Crippen molar-refractivity contribution in [3.63, 3.8) is 0 Å². The summed E-state index contributed by atoms with van der Waals surface area (Å²) in [4.78, 5) is 10.3. The van der Waals surface area contributed by atoms with Gasteiger partial charge in [-0.05, 0) is 57.8 Å². The molecule has 0 spiro atoms. The fourth-order valence-corrected chi connectivity index (χ4v) is 2.45. The lowest BCUT2D eigenvalue weighted by atomic mass is 10.1. The van der Waals surface area contributed by atoms with Gasteiger partial charge in [0.15, 0.2) is 0 Å². The van der Waals surface area contributed by atoms with Crippen molar-refractivity contribution < 1.29 is 15.0 Å². The van der Waals surface area contributed by atoms with Gasteiger partial charge < -0.3 is 10.2 Å². The summed E-state index contributed by atoms with van der Waals surface area (Å²) in [7, 11) is 0. The van der Waals surface area contributed by atoms with Crippen LogP contribution >= 0.6 is 0 Å². The Balaban J connectivity index is 3.14. The SMILES string of the molecule is O=C(O)CCC/C=C\CCCCCCC/C=C\CCCCCO. The van der Waals surface area contributed by atoms with Gasteiger partial charge in [-0.1, -0.05) is 50.0 Å². The van der Waals surface area contributed by atoms with Crippen LogP contribution in [0.5, 0.6) is 0 Å². The summed E-state index contributed by atoms with van der Waals surface area (Å²) in [5.41, 5.74) is 0. The van der Waals surface area contributed by atoms with Gasteiger partial charge >= 0.3 is 5.97 Å². The van der Waals surface area contributed by atoms with E-state index in [4.69, 9.17) is 10.2 Å². The molecule has 0 aliphatic carbocycles. The fraction of sp³-hybridized carbons (Fsp3) is 0.750. The smallest absolute Gasteiger partial charge is 0.303 e. The van der Waals surface area contributed by atoms with Gasteiger partial charge in [0, 0.05) is 13.0 Å². The lowest BCUT2D eigenvalue weighted by molar-refractivity contribution is -0.137. The Kier molecular flexibility index (Phi) is 18.1. The summed E-state index contributed by atoms with van der Waals surface area (Å²) in [6, 6.07) is 0. The third-order valence-corrected chi connectivity index (χ3v) is 3.87. The minimum absolute atomic E-state index is 0.279. The van der Waals surface area contributed by atoms with E-state index in [-0.39, 0.29) is 6.42 Å². The molecule has 0 fully saturated rings. The second kappa shape index (κ2) is 19.0. The maximum Gasteiger partial charge on any atom is 0.303 e. The van der Waals surface area contributed by atoms with Gasteiger partial charge in [-0.2, -0.15) is 0 Å². The van der Waals surface area contributed by atoms with Crippen LogP contribution in [0.15, 0.2) is 24.3 Å². The van der Waals surface area contributed by atoms with Crippen LogP contribution in [-0.4, -0.2) is 22.8 Å². The monoisotopic (exact) mass is 324 g/mol. The van der Waals surface area contributed by atoms with E-state index in [1.165, 1.54) is 44.9 Å². The van der Waals surface area contributed by atoms with Gasteiger partial charge in [-0.25, -0.2) is 0 Å². The zero-order chi connectivity index (χ0) is 17.0. The standard InChI is InChI=1S/C20H36O3/c21-19-17-15-13-11-9-7-5-3-1-2-4-6-8-10-12-14-16-18-20(22)23/h7,9-10,12,21H,1-6,8,11,13-19H2,(H,22,23)/b9-7-,12-10-. The Labute approximate surface area is 142 Å². The highest BCUT2D eigenvalue weighted by atomic mass is 16.4. The number of carbonyl (C=O) groups is 1. The highest BCUT2D eigenvalue weighted by molar-refractivity contribution is 5.66. The highest BCUT2D eigenvalue weighted by Crippen LogP contribution is 2.09. The van der Waals surface area contributed by atoms with Crippen molar-refractivity contribution >= 4 is 5.97 Å². The number of aliphatic hydroxyl groups excluding tert-OH is 1. The first-order chi connectivity index (χ1) is 11.3. The average molecular weight is 325 g/mol. The largest absolute Gasteiger partial charge is 0.481 e. The van der Waals surface area contributed by atoms with Crippen LogP contribution in [0.4, 0.5) is 0 Å². The maximum atomic E-state index is 10.3. The zero-order valence-electron chi connectivity index (χ0n) is 14.7. The van der Waals surface area contributed by atoms with Crippen molar-refractivity contribution in [2.24, 2.45) is 0 Å². The average Bonchev–Trinajstić information content (AvgIpc) is 2.53. The minimum atomic E-state index is -0.699. The molecule has 3 heteroatoms. The van der Waals surface area contributed by atoms with E-state index in [1.54, 1.807) is 0 Å². The Morgan fingerprint density at radius 2 is 1.00 bits per heavy atom. The van der Waals surface area contributed by atoms with Crippen LogP contribution in [0, 0.1) is 0 Å². The number of aliphatic carboxylic acids is 1. The number of carboxylic acids is 1. The van der Waals surface area contributed by atoms with Crippen molar-refractivity contribution in [2.75, 3.05) is 6.61 Å². The predicted octanol–water partition coefficient (Wildman–Crippen LogP) is 5.64. The topological polar surface area (TPSA) is 57.5 Å². The predicted molar refractivity (Wildman–Crippen MR) is 97.6 cm³/mol. The van der Waals surface area contributed by atoms with Gasteiger partial charge in [0.1, 0.15) is 0 Å². The summed E-state index contributed by atoms with van der Waals surface area (Å²) in [5, 5.41) is 17.2. The molecular weight excluding hydrogens is 288 g/mol. The molecule has 0 saturated heterocycles. The molecule has 0 amide bonds. The highest BCUT2D eigenvalue weighted by Gasteiger charge is 1.93. The molecule has 23 heavy (non-hydrogen) atoms. The summed E-state index contributed by atoms with van der Waals surface area (Å²) >= 11 is 0. The van der Waals surface area contributed by atoms with Gasteiger partial charge in [-0.3, -0.25) is 4.79 Å². The molecule has 0 atom stereocenters. The molecule has 0 aliphatic heterocycles. The molecule has 3 nitrogen and oxygen atoms in total. The first kappa shape index (κ1) is 21.9. The van der Waals surface area contributed by atoms with Crippen LogP contribution in [0.3, 0.4) is 0 Å². The van der Waals surface area contributed by atoms with E-state index in [0.29, 0.717) is 6.61 Å². The Hall–Kier alpha value is -1.09. The van der Waals surface area contributed by atoms with Crippen LogP contribution in [-0.2, 0) is 4.79 Å². The molecule has 0 bridgehead atoms. The number of rotatable bonds is 17. The molecule has 0 heterocycles. The number of hydrogen-bond acceptors (Lipinski definition) is 2. The van der Waals surface area contributed by atoms with E-state index < -0.39 is 5.97 Å². The lowest BCUT2D eigenvalue weighted by Gasteiger charge is -1.98. The van der Waals surface area contributed by atoms with Crippen molar-refractivity contribution in [1.82, 2.24) is 0 Å². The number of allylic oxidation sites excluding steroid dienone is 4. The van der Waals surface area contributed by atoms with Crippen LogP contribution in [0.2, 0.25) is 0 Å². The third-order valence-electron chi connectivity index (χ3n) is 3.87. The lowest BCUT2D eigenvalue weighted by Crippen LogP contribution is -1.92. The third kappa shape index (κ3) is 20.9. The molecule has 0 aromatic heterocycles. The van der Waals surface area contributed by atoms with Crippen molar-refractivity contribution in [2.45, 2.75) is 89.9 Å². The minimum Gasteiger partial charge on any atom is -0.481 e. The first-order valence-corrected chi connectivity index (χ1v) is 9.40. The molecule has 0 aromatic carbocycles. The second-order valence-electron chi connectivity index (χ2n) is 6.15. The van der Waals surface area contributed by atoms with Crippen LogP contribution in [0.1, 0.15) is 89.9 Å². The summed E-state index contributed by atoms with van der Waals surface area (Å²) < 4.78 is 0. The van der Waals surface area contributed by atoms with Gasteiger partial charge in [0.2, 0.25) is 0 Å². The molecule has 0 saturated carbocycles. The van der Waals surface area contributed by atoms with Gasteiger partial charge in [-0.15, -0.1) is 0 Å². The first-order valence-electron chi connectivity index (χ1n) is 9.40. The zero-order valence-corrected chi connectivity index (χ0v) is 14.7. The van der Waals surface area contributed by atoms with E-state index in [0.717, 1.165) is 38.5 Å². The fourth-order valence-electron chi connectivity index (χ4n) is 2.45. The van der Waals surface area contributed by atoms with Crippen LogP contribution < -0.4 is 0 Å². The number of aliphatic hydroxyl groups is 1. The molecule has 0 rings (SSSR count). The Morgan fingerprint density at radius 1 is 0.609 bits per heavy atom. The van der Waals surface area contributed by atoms with E-state index in [9.17, 15) is 4.79 Å². The number of hydrogen-bond donors (Lipinski definition) is 2. The summed E-state index contributed by atoms with van der Waals surface area (Å²) in [6.07, 6.45) is 24.0. The van der Waals surface area contributed by atoms with Crippen molar-refractivity contribution in [3.05, 3.63) is 24.3 Å². The van der Waals surface area contributed by atoms with Crippen molar-refractivity contribution in [3.8, 4) is 0 Å². The number of unbranched alkanes of at least 4 members (excludes halogenated alkanes) is 10. The normalized spacial score (nSPS) is 11.7. The quantitative estimate of drug-likeness (QED) is 0.269. The van der Waals surface area contributed by atoms with Crippen molar-refractivity contribution in [1.29, 1.82) is 0 Å². The van der Waals surface area contributed by atoms with Gasteiger partial charge in [0.05, 0.1) is 0 Å². The maximum absolute atomic E-state index is 10.3. The molecule has 0 radical (unpaired) electrons. The summed E-state index contributed by atoms with van der Waals surface area (Å²) in [6.45, 7) is 0.324. The summed E-state index contributed by atoms with van der Waals surface area (Å²) in [5.74, 6) is -0.699. The Bertz CT molecular complexity index is 308. The molecule has 0 aliphatic rings. The van der Waals surface area contributed by atoms with E-state index in [1.807, 2.05) is 0 Å². The number of carboxylic acid groups (broad SMARTS) is 1. The van der Waals surface area contributed by atoms with E-state index >= 15 is 0 Å². The molecule has 0 unspecified atom stereocenters. The second-order valence-corrected chi connectivity index (χ2v) is 6.15. The molecule has 0 aromatic rings. The molecular formula is C20H36O3. The van der Waals surface area contributed by atoms with E-state index in [2.05, 4.69) is 24.3 Å².